The SMILES string of the molecule is CSc1ccc(NC(=O)NC(Cc2ccccc2)C(=O)Nc2ccccc2-c2ccccc2)cc1. The molecule has 4 rings (SSSR count). The van der Waals surface area contributed by atoms with Gasteiger partial charge in [0.15, 0.2) is 0 Å². The Morgan fingerprint density at radius 1 is 0.743 bits per heavy atom. The molecule has 0 radical (unpaired) electrons. The van der Waals surface area contributed by atoms with Crippen LogP contribution in [0.2, 0.25) is 0 Å². The standard InChI is InChI=1S/C29H27N3O2S/c1-35-24-18-16-23(17-19-24)30-29(34)32-27(20-21-10-4-2-5-11-21)28(33)31-26-15-9-8-14-25(26)22-12-6-3-7-13-22/h2-19,27H,20H2,1H3,(H,31,33)(H2,30,32,34). The summed E-state index contributed by atoms with van der Waals surface area (Å²) in [6, 6.07) is 33.5. The molecule has 0 aliphatic carbocycles. The largest absolute Gasteiger partial charge is 0.326 e. The van der Waals surface area contributed by atoms with Gasteiger partial charge in [0.05, 0.1) is 0 Å². The van der Waals surface area contributed by atoms with E-state index in [0.29, 0.717) is 17.8 Å². The van der Waals surface area contributed by atoms with Crippen molar-refractivity contribution in [1.82, 2.24) is 5.32 Å². The molecule has 1 atom stereocenters. The summed E-state index contributed by atoms with van der Waals surface area (Å²) in [7, 11) is 0. The molecule has 4 aromatic carbocycles. The molecule has 0 aromatic heterocycles. The van der Waals surface area contributed by atoms with Crippen molar-refractivity contribution in [2.45, 2.75) is 17.4 Å². The van der Waals surface area contributed by atoms with E-state index in [0.717, 1.165) is 21.6 Å². The summed E-state index contributed by atoms with van der Waals surface area (Å²) < 4.78 is 0. The van der Waals surface area contributed by atoms with Crippen LogP contribution in [0.15, 0.2) is 114 Å². The third-order valence-corrected chi connectivity index (χ3v) is 6.27. The van der Waals surface area contributed by atoms with Gasteiger partial charge in [-0.1, -0.05) is 78.9 Å². The maximum absolute atomic E-state index is 13.4. The summed E-state index contributed by atoms with van der Waals surface area (Å²) in [6.07, 6.45) is 2.36. The number of benzene rings is 4. The molecule has 0 spiro atoms. The first-order valence-corrected chi connectivity index (χ1v) is 12.6. The van der Waals surface area contributed by atoms with E-state index in [1.807, 2.05) is 115 Å². The minimum absolute atomic E-state index is 0.287. The van der Waals surface area contributed by atoms with E-state index in [-0.39, 0.29) is 5.91 Å². The van der Waals surface area contributed by atoms with Crippen LogP contribution in [-0.2, 0) is 11.2 Å². The van der Waals surface area contributed by atoms with E-state index in [4.69, 9.17) is 0 Å². The first-order chi connectivity index (χ1) is 17.1. The van der Waals surface area contributed by atoms with Crippen molar-refractivity contribution >= 4 is 35.1 Å². The summed E-state index contributed by atoms with van der Waals surface area (Å²) in [5.74, 6) is -0.287. The first kappa shape index (κ1) is 24.1. The van der Waals surface area contributed by atoms with Gasteiger partial charge in [0.25, 0.3) is 0 Å². The second-order valence-electron chi connectivity index (χ2n) is 7.97. The first-order valence-electron chi connectivity index (χ1n) is 11.3. The Balaban J connectivity index is 1.52. The van der Waals surface area contributed by atoms with Crippen LogP contribution in [0.3, 0.4) is 0 Å². The quantitative estimate of drug-likeness (QED) is 0.253. The molecule has 176 valence electrons. The number of thioether (sulfide) groups is 1. The van der Waals surface area contributed by atoms with Crippen LogP contribution in [0, 0.1) is 0 Å². The zero-order valence-electron chi connectivity index (χ0n) is 19.4. The fourth-order valence-electron chi connectivity index (χ4n) is 3.74. The van der Waals surface area contributed by atoms with Gasteiger partial charge in [0.1, 0.15) is 6.04 Å². The predicted octanol–water partition coefficient (Wildman–Crippen LogP) is 6.45. The minimum atomic E-state index is -0.772. The van der Waals surface area contributed by atoms with Gasteiger partial charge in [-0.25, -0.2) is 4.79 Å². The summed E-state index contributed by atoms with van der Waals surface area (Å²) in [5.41, 5.74) is 4.22. The van der Waals surface area contributed by atoms with Crippen LogP contribution in [0.1, 0.15) is 5.56 Å². The van der Waals surface area contributed by atoms with Gasteiger partial charge < -0.3 is 16.0 Å². The second-order valence-corrected chi connectivity index (χ2v) is 8.85. The van der Waals surface area contributed by atoms with E-state index >= 15 is 0 Å². The fourth-order valence-corrected chi connectivity index (χ4v) is 4.15. The lowest BCUT2D eigenvalue weighted by Gasteiger charge is -2.20. The third-order valence-electron chi connectivity index (χ3n) is 5.52. The molecule has 6 heteroatoms. The second kappa shape index (κ2) is 11.9. The molecule has 0 fully saturated rings. The van der Waals surface area contributed by atoms with E-state index < -0.39 is 12.1 Å². The molecule has 0 heterocycles. The predicted molar refractivity (Wildman–Crippen MR) is 145 cm³/mol. The normalized spacial score (nSPS) is 11.3. The summed E-state index contributed by atoms with van der Waals surface area (Å²) in [5, 5.41) is 8.71. The molecule has 0 bridgehead atoms. The van der Waals surface area contributed by atoms with Gasteiger partial charge in [-0.3, -0.25) is 4.79 Å². The van der Waals surface area contributed by atoms with Crippen LogP contribution in [0.5, 0.6) is 0 Å². The number of hydrogen-bond donors (Lipinski definition) is 3. The Bertz CT molecular complexity index is 1260. The van der Waals surface area contributed by atoms with Gasteiger partial charge in [-0.05, 0) is 47.7 Å². The smallest absolute Gasteiger partial charge is 0.319 e. The highest BCUT2D eigenvalue weighted by Crippen LogP contribution is 2.27. The Kier molecular flexibility index (Phi) is 8.20. The molecular formula is C29H27N3O2S. The summed E-state index contributed by atoms with van der Waals surface area (Å²) in [6.45, 7) is 0. The molecule has 0 aliphatic heterocycles. The number of para-hydroxylation sites is 1. The van der Waals surface area contributed by atoms with Crippen LogP contribution in [0.4, 0.5) is 16.2 Å². The summed E-state index contributed by atoms with van der Waals surface area (Å²) >= 11 is 1.63. The van der Waals surface area contributed by atoms with Crippen molar-refractivity contribution in [3.8, 4) is 11.1 Å². The number of amides is 3. The highest BCUT2D eigenvalue weighted by atomic mass is 32.2. The molecular weight excluding hydrogens is 454 g/mol. The van der Waals surface area contributed by atoms with E-state index in [1.54, 1.807) is 11.8 Å². The average Bonchev–Trinajstić information content (AvgIpc) is 2.90. The molecule has 1 unspecified atom stereocenters. The number of anilines is 2. The van der Waals surface area contributed by atoms with Crippen molar-refractivity contribution < 1.29 is 9.59 Å². The number of carbonyl (C=O) groups is 2. The van der Waals surface area contributed by atoms with Crippen LogP contribution >= 0.6 is 11.8 Å². The van der Waals surface area contributed by atoms with Gasteiger partial charge >= 0.3 is 6.03 Å². The van der Waals surface area contributed by atoms with Gasteiger partial charge in [0, 0.05) is 28.3 Å². The van der Waals surface area contributed by atoms with Crippen LogP contribution in [-0.4, -0.2) is 24.2 Å². The molecule has 3 N–H and O–H groups in total. The topological polar surface area (TPSA) is 70.2 Å². The zero-order chi connectivity index (χ0) is 24.5. The maximum atomic E-state index is 13.4. The Labute approximate surface area is 210 Å². The zero-order valence-corrected chi connectivity index (χ0v) is 20.2. The van der Waals surface area contributed by atoms with Crippen molar-refractivity contribution in [3.05, 3.63) is 115 Å². The van der Waals surface area contributed by atoms with E-state index in [2.05, 4.69) is 16.0 Å². The van der Waals surface area contributed by atoms with Gasteiger partial charge in [-0.15, -0.1) is 11.8 Å². The molecule has 5 nitrogen and oxygen atoms in total. The Morgan fingerprint density at radius 2 is 1.37 bits per heavy atom. The maximum Gasteiger partial charge on any atom is 0.319 e. The van der Waals surface area contributed by atoms with Crippen molar-refractivity contribution in [3.63, 3.8) is 0 Å². The Morgan fingerprint density at radius 3 is 2.06 bits per heavy atom. The highest BCUT2D eigenvalue weighted by molar-refractivity contribution is 7.98. The number of rotatable bonds is 8. The Hall–Kier alpha value is -4.03. The molecule has 0 saturated carbocycles. The third kappa shape index (κ3) is 6.74. The number of urea groups is 1. The molecule has 4 aromatic rings. The number of nitrogens with one attached hydrogen (secondary N) is 3. The van der Waals surface area contributed by atoms with E-state index in [1.165, 1.54) is 0 Å². The van der Waals surface area contributed by atoms with Crippen molar-refractivity contribution in [1.29, 1.82) is 0 Å². The highest BCUT2D eigenvalue weighted by Gasteiger charge is 2.22. The van der Waals surface area contributed by atoms with Crippen molar-refractivity contribution in [2.24, 2.45) is 0 Å². The summed E-state index contributed by atoms with van der Waals surface area (Å²) in [4.78, 5) is 27.3. The lowest BCUT2D eigenvalue weighted by molar-refractivity contribution is -0.117. The molecule has 0 saturated heterocycles. The number of carbonyl (C=O) groups excluding carboxylic acids is 2. The lowest BCUT2D eigenvalue weighted by atomic mass is 10.0. The van der Waals surface area contributed by atoms with Crippen molar-refractivity contribution in [2.75, 3.05) is 16.9 Å². The van der Waals surface area contributed by atoms with E-state index in [9.17, 15) is 9.59 Å². The molecule has 3 amide bonds. The van der Waals surface area contributed by atoms with Crippen LogP contribution < -0.4 is 16.0 Å². The van der Waals surface area contributed by atoms with Crippen LogP contribution in [0.25, 0.3) is 11.1 Å². The fraction of sp³-hybridized carbons (Fsp3) is 0.103. The van der Waals surface area contributed by atoms with Gasteiger partial charge in [0.2, 0.25) is 5.91 Å². The van der Waals surface area contributed by atoms with Gasteiger partial charge in [-0.2, -0.15) is 0 Å². The molecule has 35 heavy (non-hydrogen) atoms. The number of hydrogen-bond acceptors (Lipinski definition) is 3. The average molecular weight is 482 g/mol. The monoisotopic (exact) mass is 481 g/mol. The lowest BCUT2D eigenvalue weighted by Crippen LogP contribution is -2.47. The molecule has 0 aliphatic rings. The minimum Gasteiger partial charge on any atom is -0.326 e.